The maximum absolute atomic E-state index is 6.06. The average Bonchev–Trinajstić information content (AvgIpc) is 3.06. The van der Waals surface area contributed by atoms with Gasteiger partial charge in [0.15, 0.2) is 0 Å². The summed E-state index contributed by atoms with van der Waals surface area (Å²) < 4.78 is 6.06. The summed E-state index contributed by atoms with van der Waals surface area (Å²) >= 11 is 0. The smallest absolute Gasteiger partial charge is 0.127 e. The Labute approximate surface area is 271 Å². The van der Waals surface area contributed by atoms with Crippen LogP contribution in [0, 0.1) is 0 Å². The number of hydrogen-bond acceptors (Lipinski definition) is 2. The van der Waals surface area contributed by atoms with E-state index in [-0.39, 0.29) is 10.8 Å². The maximum Gasteiger partial charge on any atom is 0.127 e. The zero-order valence-corrected chi connectivity index (χ0v) is 27.8. The molecule has 0 N–H and O–H groups in total. The molecule has 0 aromatic heterocycles. The van der Waals surface area contributed by atoms with Crippen LogP contribution >= 0.6 is 0 Å². The number of anilines is 3. The molecule has 0 saturated carbocycles. The van der Waals surface area contributed by atoms with Crippen molar-refractivity contribution in [1.82, 2.24) is 0 Å². The molecule has 45 heavy (non-hydrogen) atoms. The molecule has 0 unspecified atom stereocenters. The summed E-state index contributed by atoms with van der Waals surface area (Å²) in [5, 5.41) is 0. The van der Waals surface area contributed by atoms with E-state index >= 15 is 0 Å². The predicted octanol–water partition coefficient (Wildman–Crippen LogP) is 13.0. The molecule has 0 aliphatic heterocycles. The molecule has 0 bridgehead atoms. The van der Waals surface area contributed by atoms with Crippen molar-refractivity contribution in [3.8, 4) is 22.6 Å². The fourth-order valence-electron chi connectivity index (χ4n) is 5.87. The minimum absolute atomic E-state index is 0.147. The Morgan fingerprint density at radius 1 is 0.556 bits per heavy atom. The third-order valence-corrected chi connectivity index (χ3v) is 9.24. The molecule has 230 valence electrons. The van der Waals surface area contributed by atoms with Gasteiger partial charge in [0.2, 0.25) is 0 Å². The Bertz CT molecular complexity index is 1680. The Morgan fingerprint density at radius 3 is 1.38 bits per heavy atom. The molecule has 2 heteroatoms. The van der Waals surface area contributed by atoms with Gasteiger partial charge < -0.3 is 9.64 Å². The van der Waals surface area contributed by atoms with Crippen LogP contribution in [0.15, 0.2) is 128 Å². The summed E-state index contributed by atoms with van der Waals surface area (Å²) in [6.07, 6.45) is 5.27. The van der Waals surface area contributed by atoms with Crippen molar-refractivity contribution in [3.05, 3.63) is 145 Å². The molecule has 0 fully saturated rings. The third kappa shape index (κ3) is 7.40. The number of nitrogens with zero attached hydrogens (tertiary/aromatic N) is 1. The van der Waals surface area contributed by atoms with E-state index in [2.05, 4.69) is 138 Å². The second kappa shape index (κ2) is 13.6. The summed E-state index contributed by atoms with van der Waals surface area (Å²) in [5.41, 5.74) is 9.87. The fourth-order valence-corrected chi connectivity index (χ4v) is 5.87. The highest BCUT2D eigenvalue weighted by Gasteiger charge is 2.22. The van der Waals surface area contributed by atoms with Gasteiger partial charge in [-0.2, -0.15) is 0 Å². The van der Waals surface area contributed by atoms with Crippen molar-refractivity contribution < 1.29 is 4.74 Å². The highest BCUT2D eigenvalue weighted by Crippen LogP contribution is 2.39. The second-order valence-electron chi connectivity index (χ2n) is 13.2. The lowest BCUT2D eigenvalue weighted by atomic mass is 9.80. The van der Waals surface area contributed by atoms with Crippen LogP contribution < -0.4 is 9.64 Å². The zero-order chi connectivity index (χ0) is 32.0. The van der Waals surface area contributed by atoms with Gasteiger partial charge in [0, 0.05) is 17.1 Å². The number of rotatable bonds is 12. The number of ether oxygens (including phenoxy) is 1. The summed E-state index contributed by atoms with van der Waals surface area (Å²) in [6.45, 7) is 17.6. The van der Waals surface area contributed by atoms with Crippen LogP contribution in [0.2, 0.25) is 0 Å². The molecule has 5 rings (SSSR count). The second-order valence-corrected chi connectivity index (χ2v) is 13.2. The van der Waals surface area contributed by atoms with Gasteiger partial charge in [-0.1, -0.05) is 121 Å². The molecule has 0 heterocycles. The van der Waals surface area contributed by atoms with E-state index in [4.69, 9.17) is 4.74 Å². The van der Waals surface area contributed by atoms with Crippen molar-refractivity contribution in [2.75, 3.05) is 4.90 Å². The molecule has 0 aliphatic carbocycles. The van der Waals surface area contributed by atoms with Gasteiger partial charge in [0.05, 0.1) is 0 Å². The summed E-state index contributed by atoms with van der Waals surface area (Å²) in [5.74, 6) is 1.62. The lowest BCUT2D eigenvalue weighted by Gasteiger charge is -2.29. The maximum atomic E-state index is 6.06. The van der Waals surface area contributed by atoms with E-state index in [9.17, 15) is 0 Å². The Morgan fingerprint density at radius 2 is 0.956 bits per heavy atom. The normalized spacial score (nSPS) is 11.7. The molecule has 5 aromatic rings. The third-order valence-electron chi connectivity index (χ3n) is 9.24. The molecule has 0 aliphatic rings. The first kappa shape index (κ1) is 31.9. The monoisotopic (exact) mass is 593 g/mol. The summed E-state index contributed by atoms with van der Waals surface area (Å²) in [7, 11) is 0. The highest BCUT2D eigenvalue weighted by molar-refractivity contribution is 5.78. The number of hydrogen-bond donors (Lipinski definition) is 0. The van der Waals surface area contributed by atoms with Crippen molar-refractivity contribution in [2.45, 2.75) is 71.6 Å². The van der Waals surface area contributed by atoms with E-state index < -0.39 is 0 Å². The molecule has 0 atom stereocenters. The van der Waals surface area contributed by atoms with Crippen LogP contribution in [0.25, 0.3) is 17.2 Å². The fraction of sp³-hybridized carbons (Fsp3) is 0.256. The molecule has 5 aromatic carbocycles. The molecule has 0 saturated heterocycles. The topological polar surface area (TPSA) is 12.5 Å². The zero-order valence-electron chi connectivity index (χ0n) is 27.8. The van der Waals surface area contributed by atoms with Crippen LogP contribution in [-0.4, -0.2) is 0 Å². The van der Waals surface area contributed by atoms with Crippen molar-refractivity contribution in [1.29, 1.82) is 0 Å². The largest absolute Gasteiger partial charge is 0.457 e. The minimum Gasteiger partial charge on any atom is -0.457 e. The van der Waals surface area contributed by atoms with Gasteiger partial charge in [-0.15, -0.1) is 0 Å². The van der Waals surface area contributed by atoms with Gasteiger partial charge >= 0.3 is 0 Å². The lowest BCUT2D eigenvalue weighted by Crippen LogP contribution is -2.17. The van der Waals surface area contributed by atoms with Gasteiger partial charge in [-0.3, -0.25) is 0 Å². The molecule has 0 amide bonds. The standard InChI is InChI=1S/C43H47NO/c1-8-31-43(6,7)36-19-25-39(26-20-36)44(38-23-17-35(18-24-38)42(4,5)10-3)37-21-13-33(14-22-37)34-15-29-41(30-16-34)45-40-27-11-32(9-2)12-28-40/h9,11-30H,2,8,10,31H2,1,3-7H3. The van der Waals surface area contributed by atoms with Crippen LogP contribution in [0.3, 0.4) is 0 Å². The predicted molar refractivity (Wildman–Crippen MR) is 194 cm³/mol. The Hall–Kier alpha value is -4.56. The van der Waals surface area contributed by atoms with E-state index in [1.807, 2.05) is 42.5 Å². The lowest BCUT2D eigenvalue weighted by molar-refractivity contribution is 0.473. The quantitative estimate of drug-likeness (QED) is 0.143. The van der Waals surface area contributed by atoms with Gasteiger partial charge in [0.25, 0.3) is 0 Å². The first-order valence-electron chi connectivity index (χ1n) is 16.3. The van der Waals surface area contributed by atoms with Crippen molar-refractivity contribution >= 4 is 23.1 Å². The minimum atomic E-state index is 0.147. The molecule has 0 spiro atoms. The van der Waals surface area contributed by atoms with Crippen LogP contribution in [0.4, 0.5) is 17.1 Å². The summed E-state index contributed by atoms with van der Waals surface area (Å²) in [6, 6.07) is 43.3. The van der Waals surface area contributed by atoms with E-state index in [1.165, 1.54) is 24.0 Å². The van der Waals surface area contributed by atoms with Crippen LogP contribution in [0.1, 0.15) is 77.5 Å². The van der Waals surface area contributed by atoms with Crippen molar-refractivity contribution in [2.24, 2.45) is 0 Å². The van der Waals surface area contributed by atoms with Gasteiger partial charge in [-0.05, 0) is 112 Å². The van der Waals surface area contributed by atoms with Gasteiger partial charge in [0.1, 0.15) is 11.5 Å². The van der Waals surface area contributed by atoms with E-state index in [0.717, 1.165) is 51.7 Å². The Balaban J connectivity index is 1.43. The van der Waals surface area contributed by atoms with Crippen LogP contribution in [-0.2, 0) is 10.8 Å². The van der Waals surface area contributed by atoms with E-state index in [0.29, 0.717) is 0 Å². The summed E-state index contributed by atoms with van der Waals surface area (Å²) in [4.78, 5) is 2.36. The van der Waals surface area contributed by atoms with Gasteiger partial charge in [-0.25, -0.2) is 0 Å². The molecular weight excluding hydrogens is 546 g/mol. The highest BCUT2D eigenvalue weighted by atomic mass is 16.5. The molecular formula is C43H47NO. The van der Waals surface area contributed by atoms with Crippen molar-refractivity contribution in [3.63, 3.8) is 0 Å². The van der Waals surface area contributed by atoms with E-state index in [1.54, 1.807) is 0 Å². The average molecular weight is 594 g/mol. The Kier molecular flexibility index (Phi) is 9.63. The van der Waals surface area contributed by atoms with Crippen LogP contribution in [0.5, 0.6) is 11.5 Å². The first-order valence-corrected chi connectivity index (χ1v) is 16.3. The first-order chi connectivity index (χ1) is 21.6. The number of benzene rings is 5. The SMILES string of the molecule is C=Cc1ccc(Oc2ccc(-c3ccc(N(c4ccc(C(C)(C)CC)cc4)c4ccc(C(C)(C)CCC)cc4)cc3)cc2)cc1. The molecule has 0 radical (unpaired) electrons. The molecule has 2 nitrogen and oxygen atoms in total.